The topological polar surface area (TPSA) is 78.9 Å². The van der Waals surface area contributed by atoms with Crippen LogP contribution < -0.4 is 0 Å². The molecule has 0 amide bonds. The van der Waals surface area contributed by atoms with Gasteiger partial charge < -0.3 is 14.2 Å². The van der Waals surface area contributed by atoms with Gasteiger partial charge in [-0.05, 0) is 37.0 Å². The lowest BCUT2D eigenvalue weighted by atomic mass is 9.99. The second-order valence-corrected chi connectivity index (χ2v) is 18.1. The van der Waals surface area contributed by atoms with Gasteiger partial charge in [-0.15, -0.1) is 0 Å². The molecule has 0 bridgehead atoms. The average Bonchev–Trinajstić information content (AvgIpc) is 3.18. The molecule has 56 heavy (non-hydrogen) atoms. The highest BCUT2D eigenvalue weighted by Crippen LogP contribution is 2.18. The zero-order valence-electron chi connectivity index (χ0n) is 38.4. The summed E-state index contributed by atoms with van der Waals surface area (Å²) in [6.45, 7) is 13.7. The van der Waals surface area contributed by atoms with E-state index in [-0.39, 0.29) is 31.1 Å². The zero-order chi connectivity index (χ0) is 41.3. The molecule has 2 unspecified atom stereocenters. The highest BCUT2D eigenvalue weighted by molar-refractivity contribution is 5.71. The zero-order valence-corrected chi connectivity index (χ0v) is 38.4. The minimum Gasteiger partial charge on any atom is -0.462 e. The van der Waals surface area contributed by atoms with Crippen molar-refractivity contribution in [3.8, 4) is 0 Å². The van der Waals surface area contributed by atoms with Gasteiger partial charge in [0, 0.05) is 19.3 Å². The van der Waals surface area contributed by atoms with E-state index < -0.39 is 6.10 Å². The van der Waals surface area contributed by atoms with Crippen LogP contribution >= 0.6 is 0 Å². The van der Waals surface area contributed by atoms with Crippen molar-refractivity contribution in [3.63, 3.8) is 0 Å². The molecule has 0 radical (unpaired) electrons. The summed E-state index contributed by atoms with van der Waals surface area (Å²) in [6.07, 6.45) is 39.4. The molecule has 0 rings (SSSR count). The van der Waals surface area contributed by atoms with Gasteiger partial charge in [-0.1, -0.05) is 228 Å². The van der Waals surface area contributed by atoms with Crippen molar-refractivity contribution in [2.24, 2.45) is 17.8 Å². The summed E-state index contributed by atoms with van der Waals surface area (Å²) in [5.74, 6) is 1.64. The average molecular weight is 793 g/mol. The smallest absolute Gasteiger partial charge is 0.306 e. The Morgan fingerprint density at radius 3 is 0.929 bits per heavy atom. The Hall–Kier alpha value is -1.59. The lowest BCUT2D eigenvalue weighted by Gasteiger charge is -2.18. The number of carbonyl (C=O) groups is 3. The van der Waals surface area contributed by atoms with Crippen molar-refractivity contribution < 1.29 is 28.6 Å². The minimum atomic E-state index is -0.763. The SMILES string of the molecule is CCC(C)CCCCCCCCCCC(=O)OC[C@H](COC(=O)CCCCCCCCCCCCCCCC(C)C)OC(=O)CCCCCCCCC(C)CC. The highest BCUT2D eigenvalue weighted by atomic mass is 16.6. The monoisotopic (exact) mass is 793 g/mol. The van der Waals surface area contributed by atoms with Gasteiger partial charge in [0.25, 0.3) is 0 Å². The molecule has 0 aromatic rings. The van der Waals surface area contributed by atoms with Crippen molar-refractivity contribution >= 4 is 17.9 Å². The Morgan fingerprint density at radius 1 is 0.357 bits per heavy atom. The first kappa shape index (κ1) is 54.4. The first-order chi connectivity index (χ1) is 27.2. The molecule has 0 aromatic carbocycles. The standard InChI is InChI=1S/C50H96O6/c1-7-45(5)37-31-25-19-16-17-21-28-34-40-49(52)55-43-47(56-50(53)41-35-29-23-22-26-32-38-46(6)8-2)42-54-48(51)39-33-27-20-15-13-11-9-10-12-14-18-24-30-36-44(3)4/h44-47H,7-43H2,1-6H3/t45?,46?,47-/m0/s1. The highest BCUT2D eigenvalue weighted by Gasteiger charge is 2.19. The lowest BCUT2D eigenvalue weighted by molar-refractivity contribution is -0.167. The molecule has 0 spiro atoms. The Bertz CT molecular complexity index is 872. The van der Waals surface area contributed by atoms with Gasteiger partial charge in [-0.3, -0.25) is 14.4 Å². The van der Waals surface area contributed by atoms with Gasteiger partial charge >= 0.3 is 17.9 Å². The maximum Gasteiger partial charge on any atom is 0.306 e. The summed E-state index contributed by atoms with van der Waals surface area (Å²) < 4.78 is 16.8. The van der Waals surface area contributed by atoms with Crippen LogP contribution in [0.4, 0.5) is 0 Å². The van der Waals surface area contributed by atoms with Crippen molar-refractivity contribution in [1.82, 2.24) is 0 Å². The molecule has 6 heteroatoms. The van der Waals surface area contributed by atoms with E-state index in [1.807, 2.05) is 0 Å². The summed E-state index contributed by atoms with van der Waals surface area (Å²) in [4.78, 5) is 37.8. The van der Waals surface area contributed by atoms with Crippen LogP contribution in [0.25, 0.3) is 0 Å². The van der Waals surface area contributed by atoms with Crippen LogP contribution in [0, 0.1) is 17.8 Å². The predicted octanol–water partition coefficient (Wildman–Crippen LogP) is 15.6. The van der Waals surface area contributed by atoms with Crippen molar-refractivity contribution in [3.05, 3.63) is 0 Å². The fraction of sp³-hybridized carbons (Fsp3) is 0.940. The predicted molar refractivity (Wildman–Crippen MR) is 238 cm³/mol. The van der Waals surface area contributed by atoms with E-state index in [0.29, 0.717) is 19.3 Å². The number of hydrogen-bond acceptors (Lipinski definition) is 6. The second-order valence-electron chi connectivity index (χ2n) is 18.1. The number of esters is 3. The molecule has 0 heterocycles. The lowest BCUT2D eigenvalue weighted by Crippen LogP contribution is -2.30. The summed E-state index contributed by atoms with van der Waals surface area (Å²) in [6, 6.07) is 0. The maximum absolute atomic E-state index is 12.7. The van der Waals surface area contributed by atoms with Crippen LogP contribution in [0.15, 0.2) is 0 Å². The third-order valence-electron chi connectivity index (χ3n) is 11.9. The fourth-order valence-corrected chi connectivity index (χ4v) is 7.34. The van der Waals surface area contributed by atoms with E-state index in [4.69, 9.17) is 14.2 Å². The number of unbranched alkanes of at least 4 members (excludes halogenated alkanes) is 24. The normalized spacial score (nSPS) is 13.1. The molecule has 0 fully saturated rings. The number of carbonyl (C=O) groups excluding carboxylic acids is 3. The number of hydrogen-bond donors (Lipinski definition) is 0. The van der Waals surface area contributed by atoms with Crippen LogP contribution in [0.5, 0.6) is 0 Å². The Balaban J connectivity index is 4.30. The number of rotatable bonds is 43. The van der Waals surface area contributed by atoms with E-state index in [1.54, 1.807) is 0 Å². The van der Waals surface area contributed by atoms with E-state index in [2.05, 4.69) is 41.5 Å². The largest absolute Gasteiger partial charge is 0.462 e. The quantitative estimate of drug-likeness (QED) is 0.0348. The molecule has 0 saturated carbocycles. The van der Waals surface area contributed by atoms with Gasteiger partial charge in [-0.25, -0.2) is 0 Å². The third kappa shape index (κ3) is 40.6. The molecule has 0 aromatic heterocycles. The molecule has 0 saturated heterocycles. The first-order valence-corrected chi connectivity index (χ1v) is 24.7. The molecular formula is C50H96O6. The minimum absolute atomic E-state index is 0.0661. The summed E-state index contributed by atoms with van der Waals surface area (Å²) in [5, 5.41) is 0. The summed E-state index contributed by atoms with van der Waals surface area (Å²) >= 11 is 0. The maximum atomic E-state index is 12.7. The van der Waals surface area contributed by atoms with E-state index in [9.17, 15) is 14.4 Å². The van der Waals surface area contributed by atoms with E-state index in [1.165, 1.54) is 148 Å². The van der Waals surface area contributed by atoms with Crippen molar-refractivity contribution in [1.29, 1.82) is 0 Å². The first-order valence-electron chi connectivity index (χ1n) is 24.7. The molecule has 3 atom stereocenters. The van der Waals surface area contributed by atoms with Gasteiger partial charge in [0.15, 0.2) is 6.10 Å². The Labute approximate surface area is 348 Å². The fourth-order valence-electron chi connectivity index (χ4n) is 7.34. The molecule has 0 N–H and O–H groups in total. The molecule has 332 valence electrons. The van der Waals surface area contributed by atoms with Crippen molar-refractivity contribution in [2.45, 2.75) is 272 Å². The van der Waals surface area contributed by atoms with E-state index >= 15 is 0 Å². The van der Waals surface area contributed by atoms with Gasteiger partial charge in [0.05, 0.1) is 0 Å². The van der Waals surface area contributed by atoms with Crippen LogP contribution in [0.1, 0.15) is 266 Å². The van der Waals surface area contributed by atoms with Gasteiger partial charge in [-0.2, -0.15) is 0 Å². The van der Waals surface area contributed by atoms with Crippen LogP contribution in [-0.4, -0.2) is 37.2 Å². The van der Waals surface area contributed by atoms with Crippen molar-refractivity contribution in [2.75, 3.05) is 13.2 Å². The Kier molecular flexibility index (Phi) is 40.4. The molecular weight excluding hydrogens is 697 g/mol. The van der Waals surface area contributed by atoms with Crippen LogP contribution in [0.2, 0.25) is 0 Å². The molecule has 0 aliphatic rings. The van der Waals surface area contributed by atoms with Gasteiger partial charge in [0.1, 0.15) is 13.2 Å². The third-order valence-corrected chi connectivity index (χ3v) is 11.9. The second kappa shape index (κ2) is 41.6. The summed E-state index contributed by atoms with van der Waals surface area (Å²) in [7, 11) is 0. The molecule has 0 aliphatic heterocycles. The molecule has 0 aliphatic carbocycles. The van der Waals surface area contributed by atoms with Gasteiger partial charge in [0.2, 0.25) is 0 Å². The van der Waals surface area contributed by atoms with Crippen LogP contribution in [0.3, 0.4) is 0 Å². The summed E-state index contributed by atoms with van der Waals surface area (Å²) in [5.41, 5.74) is 0. The van der Waals surface area contributed by atoms with E-state index in [0.717, 1.165) is 75.5 Å². The number of ether oxygens (including phenoxy) is 3. The Morgan fingerprint density at radius 2 is 0.625 bits per heavy atom. The molecule has 6 nitrogen and oxygen atoms in total. The van der Waals surface area contributed by atoms with Crippen LogP contribution in [-0.2, 0) is 28.6 Å².